The Balaban J connectivity index is 1.60. The summed E-state index contributed by atoms with van der Waals surface area (Å²) in [7, 11) is -4.34. The van der Waals surface area contributed by atoms with Crippen LogP contribution in [0.4, 0.5) is 5.69 Å². The largest absolute Gasteiger partial charge is 0.492 e. The van der Waals surface area contributed by atoms with Gasteiger partial charge >= 0.3 is 0 Å². The second kappa shape index (κ2) is 16.8. The standard InChI is InChI=1S/C37H38Cl3N3O5S/c1-2-48-35-15-9-8-14-33(35)43(49(46,47)30-19-17-28(38)18-20-30)25-36(44)42(24-27-16-21-31(39)32(40)22-27)34(23-26-10-4-3-5-11-26)37(45)41-29-12-6-7-13-29/h3-5,8-11,14-22,29,34H,2,6-7,12-13,23-25H2,1H3,(H,41,45)/t34-/m0/s1. The molecule has 2 amide bonds. The third kappa shape index (κ3) is 9.28. The first-order valence-corrected chi connectivity index (χ1v) is 18.7. The average Bonchev–Trinajstić information content (AvgIpc) is 3.61. The quantitative estimate of drug-likeness (QED) is 0.142. The Labute approximate surface area is 303 Å². The summed E-state index contributed by atoms with van der Waals surface area (Å²) in [5.74, 6) is -0.630. The van der Waals surface area contributed by atoms with Crippen LogP contribution in [0.15, 0.2) is 102 Å². The summed E-state index contributed by atoms with van der Waals surface area (Å²) in [6, 6.07) is 25.8. The van der Waals surface area contributed by atoms with Gasteiger partial charge in [-0.25, -0.2) is 8.42 Å². The normalized spacial score (nSPS) is 13.9. The van der Waals surface area contributed by atoms with E-state index >= 15 is 0 Å². The number of carbonyl (C=O) groups is 2. The molecule has 8 nitrogen and oxygen atoms in total. The number of carbonyl (C=O) groups excluding carboxylic acids is 2. The van der Waals surface area contributed by atoms with Gasteiger partial charge in [-0.2, -0.15) is 0 Å². The first-order chi connectivity index (χ1) is 23.6. The van der Waals surface area contributed by atoms with Gasteiger partial charge in [0.05, 0.1) is 27.2 Å². The molecule has 4 aromatic carbocycles. The molecule has 49 heavy (non-hydrogen) atoms. The van der Waals surface area contributed by atoms with E-state index in [1.165, 1.54) is 29.2 Å². The molecule has 0 radical (unpaired) electrons. The maximum absolute atomic E-state index is 14.8. The van der Waals surface area contributed by atoms with Crippen molar-refractivity contribution in [2.24, 2.45) is 0 Å². The van der Waals surface area contributed by atoms with Crippen molar-refractivity contribution in [1.29, 1.82) is 0 Å². The number of amides is 2. The second-order valence-electron chi connectivity index (χ2n) is 11.8. The van der Waals surface area contributed by atoms with Crippen LogP contribution in [0.3, 0.4) is 0 Å². The van der Waals surface area contributed by atoms with Crippen LogP contribution in [-0.2, 0) is 32.6 Å². The Bertz CT molecular complexity index is 1850. The summed E-state index contributed by atoms with van der Waals surface area (Å²) in [4.78, 5) is 30.3. The van der Waals surface area contributed by atoms with Crippen LogP contribution >= 0.6 is 34.8 Å². The minimum Gasteiger partial charge on any atom is -0.492 e. The molecule has 5 rings (SSSR count). The van der Waals surface area contributed by atoms with E-state index in [0.29, 0.717) is 20.6 Å². The molecule has 1 atom stereocenters. The van der Waals surface area contributed by atoms with Crippen molar-refractivity contribution in [2.45, 2.75) is 62.6 Å². The molecule has 1 aliphatic carbocycles. The summed E-state index contributed by atoms with van der Waals surface area (Å²) in [5, 5.41) is 4.17. The van der Waals surface area contributed by atoms with Crippen molar-refractivity contribution >= 4 is 62.3 Å². The van der Waals surface area contributed by atoms with Crippen molar-refractivity contribution in [2.75, 3.05) is 17.5 Å². The zero-order chi connectivity index (χ0) is 35.0. The minimum absolute atomic E-state index is 0.00690. The van der Waals surface area contributed by atoms with Crippen molar-refractivity contribution in [3.05, 3.63) is 123 Å². The summed E-state index contributed by atoms with van der Waals surface area (Å²) in [6.45, 7) is 1.39. The molecule has 0 aliphatic heterocycles. The first kappa shape index (κ1) is 36.5. The average molecular weight is 743 g/mol. The molecule has 1 aliphatic rings. The highest BCUT2D eigenvalue weighted by Crippen LogP contribution is 2.33. The van der Waals surface area contributed by atoms with Gasteiger partial charge in [-0.05, 0) is 79.4 Å². The van der Waals surface area contributed by atoms with E-state index in [0.717, 1.165) is 35.6 Å². The van der Waals surface area contributed by atoms with Crippen molar-refractivity contribution in [1.82, 2.24) is 10.2 Å². The number of ether oxygens (including phenoxy) is 1. The molecule has 0 saturated heterocycles. The Kier molecular flexibility index (Phi) is 12.5. The molecule has 0 aromatic heterocycles. The maximum Gasteiger partial charge on any atom is 0.264 e. The fraction of sp³-hybridized carbons (Fsp3) is 0.297. The van der Waals surface area contributed by atoms with Crippen molar-refractivity contribution < 1.29 is 22.7 Å². The molecule has 258 valence electrons. The summed E-state index contributed by atoms with van der Waals surface area (Å²) in [6.07, 6.45) is 3.93. The number of nitrogens with one attached hydrogen (secondary N) is 1. The number of hydrogen-bond acceptors (Lipinski definition) is 5. The highest BCUT2D eigenvalue weighted by Gasteiger charge is 2.36. The lowest BCUT2D eigenvalue weighted by molar-refractivity contribution is -0.140. The van der Waals surface area contributed by atoms with E-state index in [9.17, 15) is 18.0 Å². The first-order valence-electron chi connectivity index (χ1n) is 16.1. The lowest BCUT2D eigenvalue weighted by Gasteiger charge is -2.34. The van der Waals surface area contributed by atoms with Crippen LogP contribution in [0.25, 0.3) is 0 Å². The summed E-state index contributed by atoms with van der Waals surface area (Å²) < 4.78 is 35.6. The third-order valence-electron chi connectivity index (χ3n) is 8.42. The van der Waals surface area contributed by atoms with Gasteiger partial charge in [0, 0.05) is 24.0 Å². The zero-order valence-electron chi connectivity index (χ0n) is 27.0. The molecule has 1 N–H and O–H groups in total. The highest BCUT2D eigenvalue weighted by molar-refractivity contribution is 7.92. The Hall–Kier alpha value is -3.76. The van der Waals surface area contributed by atoms with Gasteiger partial charge < -0.3 is 15.0 Å². The number of rotatable bonds is 14. The third-order valence-corrected chi connectivity index (χ3v) is 11.2. The number of nitrogens with zero attached hydrogens (tertiary/aromatic N) is 2. The van der Waals surface area contributed by atoms with E-state index < -0.39 is 28.5 Å². The van der Waals surface area contributed by atoms with Gasteiger partial charge in [0.2, 0.25) is 11.8 Å². The SMILES string of the molecule is CCOc1ccccc1N(CC(=O)N(Cc1ccc(Cl)c(Cl)c1)[C@@H](Cc1ccccc1)C(=O)NC1CCCC1)S(=O)(=O)c1ccc(Cl)cc1. The van der Waals surface area contributed by atoms with E-state index in [-0.39, 0.29) is 47.9 Å². The van der Waals surface area contributed by atoms with Crippen LogP contribution in [0.2, 0.25) is 15.1 Å². The molecule has 0 spiro atoms. The van der Waals surface area contributed by atoms with Crippen molar-refractivity contribution in [3.63, 3.8) is 0 Å². The predicted octanol–water partition coefficient (Wildman–Crippen LogP) is 7.94. The van der Waals surface area contributed by atoms with E-state index in [2.05, 4.69) is 5.32 Å². The molecule has 0 bridgehead atoms. The maximum atomic E-state index is 14.8. The second-order valence-corrected chi connectivity index (χ2v) is 14.9. The fourth-order valence-corrected chi connectivity index (χ4v) is 7.82. The zero-order valence-corrected chi connectivity index (χ0v) is 30.1. The number of anilines is 1. The Morgan fingerprint density at radius 2 is 1.53 bits per heavy atom. The van der Waals surface area contributed by atoms with Gasteiger partial charge in [0.25, 0.3) is 10.0 Å². The van der Waals surface area contributed by atoms with E-state index in [1.54, 1.807) is 49.4 Å². The predicted molar refractivity (Wildman–Crippen MR) is 195 cm³/mol. The van der Waals surface area contributed by atoms with Gasteiger partial charge in [0.1, 0.15) is 18.3 Å². The number of para-hydroxylation sites is 2. The summed E-state index contributed by atoms with van der Waals surface area (Å²) >= 11 is 18.7. The fourth-order valence-electron chi connectivity index (χ4n) is 5.94. The lowest BCUT2D eigenvalue weighted by atomic mass is 10.0. The molecule has 1 saturated carbocycles. The number of hydrogen-bond donors (Lipinski definition) is 1. The minimum atomic E-state index is -4.34. The molecule has 1 fully saturated rings. The van der Waals surface area contributed by atoms with Gasteiger partial charge in [-0.1, -0.05) is 96.2 Å². The van der Waals surface area contributed by atoms with E-state index in [1.807, 2.05) is 30.3 Å². The molecule has 0 heterocycles. The Morgan fingerprint density at radius 1 is 0.857 bits per heavy atom. The van der Waals surface area contributed by atoms with Gasteiger partial charge in [0.15, 0.2) is 0 Å². The van der Waals surface area contributed by atoms with Crippen molar-refractivity contribution in [3.8, 4) is 5.75 Å². The topological polar surface area (TPSA) is 96.0 Å². The molecular formula is C37H38Cl3N3O5S. The number of benzene rings is 4. The smallest absolute Gasteiger partial charge is 0.264 e. The number of halogens is 3. The molecule has 4 aromatic rings. The Morgan fingerprint density at radius 3 is 2.20 bits per heavy atom. The van der Waals surface area contributed by atoms with E-state index in [4.69, 9.17) is 39.5 Å². The molecule has 12 heteroatoms. The van der Waals surface area contributed by atoms with Gasteiger partial charge in [-0.15, -0.1) is 0 Å². The van der Waals surface area contributed by atoms with Crippen LogP contribution in [-0.4, -0.2) is 50.4 Å². The van der Waals surface area contributed by atoms with Crippen LogP contribution in [0, 0.1) is 0 Å². The monoisotopic (exact) mass is 741 g/mol. The molecule has 0 unspecified atom stereocenters. The van der Waals surface area contributed by atoms with Gasteiger partial charge in [-0.3, -0.25) is 13.9 Å². The highest BCUT2D eigenvalue weighted by atomic mass is 35.5. The van der Waals surface area contributed by atoms with Crippen LogP contribution < -0.4 is 14.4 Å². The molecular weight excluding hydrogens is 705 g/mol. The number of sulfonamides is 1. The lowest BCUT2D eigenvalue weighted by Crippen LogP contribution is -2.54. The van der Waals surface area contributed by atoms with Crippen LogP contribution in [0.5, 0.6) is 5.75 Å². The van der Waals surface area contributed by atoms with Crippen LogP contribution in [0.1, 0.15) is 43.7 Å². The summed E-state index contributed by atoms with van der Waals surface area (Å²) in [5.41, 5.74) is 1.64.